The molecule has 11 aromatic rings. The molecule has 2 aliphatic carbocycles. The second kappa shape index (κ2) is 14.1. The first-order valence-corrected chi connectivity index (χ1v) is 22.6. The average Bonchev–Trinajstić information content (AvgIpc) is 3.99. The van der Waals surface area contributed by atoms with Crippen LogP contribution < -0.4 is 4.90 Å². The third-order valence-electron chi connectivity index (χ3n) is 13.5. The maximum Gasteiger partial charge on any atom is 0.0726 e. The zero-order chi connectivity index (χ0) is 41.5. The summed E-state index contributed by atoms with van der Waals surface area (Å²) < 4.78 is 2.65. The zero-order valence-electron chi connectivity index (χ0n) is 34.4. The number of nitrogens with zero attached hydrogens (tertiary/aromatic N) is 1. The van der Waals surface area contributed by atoms with E-state index in [0.29, 0.717) is 0 Å². The number of thiophene rings is 1. The molecule has 0 unspecified atom stereocenters. The first-order chi connectivity index (χ1) is 31.2. The molecule has 1 spiro atoms. The van der Waals surface area contributed by atoms with Crippen LogP contribution in [-0.2, 0) is 5.41 Å². The number of rotatable bonds is 6. The summed E-state index contributed by atoms with van der Waals surface area (Å²) in [4.78, 5) is 2.48. The largest absolute Gasteiger partial charge is 0.310 e. The van der Waals surface area contributed by atoms with E-state index in [1.54, 1.807) is 0 Å². The fraction of sp³-hybridized carbons (Fsp3) is 0.0164. The van der Waals surface area contributed by atoms with E-state index < -0.39 is 5.41 Å². The maximum absolute atomic E-state index is 2.49. The van der Waals surface area contributed by atoms with Gasteiger partial charge in [-0.05, 0) is 121 Å². The molecule has 0 aliphatic heterocycles. The molecule has 1 heterocycles. The van der Waals surface area contributed by atoms with Crippen LogP contribution in [0.25, 0.3) is 75.8 Å². The SMILES string of the molecule is c1ccc(-c2ccc(-c3ccccc3N(c3ccc(-c4ccc5sc6ccccc6c5c4)cc3)c3ccc4c(c3)C3(c5ccccc5-c5ccccc53)c3ccccc3-4)cc2)cc1. The summed E-state index contributed by atoms with van der Waals surface area (Å²) in [5.41, 5.74) is 20.7. The molecular weight excluding hydrogens is 779 g/mol. The van der Waals surface area contributed by atoms with E-state index in [1.807, 2.05) is 11.3 Å². The Bertz CT molecular complexity index is 3500. The molecule has 13 rings (SSSR count). The number of hydrogen-bond acceptors (Lipinski definition) is 2. The van der Waals surface area contributed by atoms with Crippen LogP contribution >= 0.6 is 11.3 Å². The monoisotopic (exact) mass is 817 g/mol. The van der Waals surface area contributed by atoms with Gasteiger partial charge >= 0.3 is 0 Å². The zero-order valence-corrected chi connectivity index (χ0v) is 35.2. The van der Waals surface area contributed by atoms with E-state index in [9.17, 15) is 0 Å². The van der Waals surface area contributed by atoms with E-state index in [4.69, 9.17) is 0 Å². The topological polar surface area (TPSA) is 3.24 Å². The molecule has 0 amide bonds. The molecule has 63 heavy (non-hydrogen) atoms. The van der Waals surface area contributed by atoms with Gasteiger partial charge in [-0.1, -0.05) is 188 Å². The quantitative estimate of drug-likeness (QED) is 0.162. The molecule has 0 N–H and O–H groups in total. The van der Waals surface area contributed by atoms with Gasteiger partial charge in [0, 0.05) is 37.1 Å². The Balaban J connectivity index is 1.00. The van der Waals surface area contributed by atoms with Gasteiger partial charge in [0.25, 0.3) is 0 Å². The number of hydrogen-bond donors (Lipinski definition) is 0. The third-order valence-corrected chi connectivity index (χ3v) is 14.7. The Labute approximate surface area is 371 Å². The lowest BCUT2D eigenvalue weighted by atomic mass is 9.70. The number of fused-ring (bicyclic) bond motifs is 13. The standard InChI is InChI=1S/C61H39NS/c1-2-14-40(15-3-1)41-26-28-43(29-27-41)47-16-7-12-24-58(47)62(45-33-30-42(31-34-45)44-32-37-60-53(38-44)52-20-8-13-25-59(52)63-60)46-35-36-51-50-19-6-11-23-56(50)61(57(51)39-46)54-21-9-4-17-48(54)49-18-5-10-22-55(49)61/h1-39H. The molecule has 0 bridgehead atoms. The summed E-state index contributed by atoms with van der Waals surface area (Å²) in [7, 11) is 0. The Kier molecular flexibility index (Phi) is 8.06. The van der Waals surface area contributed by atoms with Crippen molar-refractivity contribution < 1.29 is 0 Å². The highest BCUT2D eigenvalue weighted by Gasteiger charge is 2.51. The van der Waals surface area contributed by atoms with Gasteiger partial charge in [0.15, 0.2) is 0 Å². The molecule has 0 saturated heterocycles. The predicted molar refractivity (Wildman–Crippen MR) is 267 cm³/mol. The van der Waals surface area contributed by atoms with Crippen molar-refractivity contribution in [3.63, 3.8) is 0 Å². The molecule has 0 saturated carbocycles. The lowest BCUT2D eigenvalue weighted by Gasteiger charge is -2.32. The summed E-state index contributed by atoms with van der Waals surface area (Å²) in [6.07, 6.45) is 0. The molecule has 1 nitrogen and oxygen atoms in total. The molecular formula is C61H39NS. The van der Waals surface area contributed by atoms with Crippen LogP contribution in [-0.4, -0.2) is 0 Å². The minimum Gasteiger partial charge on any atom is -0.310 e. The highest BCUT2D eigenvalue weighted by atomic mass is 32.1. The second-order valence-corrected chi connectivity index (χ2v) is 17.9. The molecule has 10 aromatic carbocycles. The van der Waals surface area contributed by atoms with E-state index in [-0.39, 0.29) is 0 Å². The Morgan fingerprint density at radius 1 is 0.286 bits per heavy atom. The van der Waals surface area contributed by atoms with Crippen LogP contribution in [0.2, 0.25) is 0 Å². The van der Waals surface area contributed by atoms with Gasteiger partial charge in [-0.25, -0.2) is 0 Å². The summed E-state index contributed by atoms with van der Waals surface area (Å²) in [6, 6.07) is 87.8. The number of para-hydroxylation sites is 1. The summed E-state index contributed by atoms with van der Waals surface area (Å²) in [5.74, 6) is 0. The van der Waals surface area contributed by atoms with Crippen molar-refractivity contribution in [1.29, 1.82) is 0 Å². The fourth-order valence-electron chi connectivity index (χ4n) is 10.7. The van der Waals surface area contributed by atoms with Crippen molar-refractivity contribution in [3.8, 4) is 55.6 Å². The van der Waals surface area contributed by atoms with E-state index in [0.717, 1.165) is 17.1 Å². The van der Waals surface area contributed by atoms with Crippen LogP contribution in [0.15, 0.2) is 237 Å². The first-order valence-electron chi connectivity index (χ1n) is 21.7. The molecule has 294 valence electrons. The van der Waals surface area contributed by atoms with E-state index in [1.165, 1.54) is 98.1 Å². The maximum atomic E-state index is 2.49. The first kappa shape index (κ1) is 35.9. The third kappa shape index (κ3) is 5.42. The van der Waals surface area contributed by atoms with Crippen molar-refractivity contribution in [2.45, 2.75) is 5.41 Å². The molecule has 0 radical (unpaired) electrons. The fourth-order valence-corrected chi connectivity index (χ4v) is 11.8. The van der Waals surface area contributed by atoms with Crippen molar-refractivity contribution in [1.82, 2.24) is 0 Å². The van der Waals surface area contributed by atoms with Crippen LogP contribution in [0.1, 0.15) is 22.3 Å². The predicted octanol–water partition coefficient (Wildman–Crippen LogP) is 16.9. The highest BCUT2D eigenvalue weighted by molar-refractivity contribution is 7.25. The van der Waals surface area contributed by atoms with Gasteiger partial charge in [-0.3, -0.25) is 0 Å². The van der Waals surface area contributed by atoms with Crippen LogP contribution in [0.3, 0.4) is 0 Å². The molecule has 0 fully saturated rings. The second-order valence-electron chi connectivity index (χ2n) is 16.8. The Morgan fingerprint density at radius 2 is 0.762 bits per heavy atom. The lowest BCUT2D eigenvalue weighted by molar-refractivity contribution is 0.793. The van der Waals surface area contributed by atoms with Crippen LogP contribution in [0.4, 0.5) is 17.1 Å². The number of anilines is 3. The van der Waals surface area contributed by atoms with Gasteiger partial charge in [0.1, 0.15) is 0 Å². The average molecular weight is 818 g/mol. The van der Waals surface area contributed by atoms with Gasteiger partial charge in [0.2, 0.25) is 0 Å². The van der Waals surface area contributed by atoms with Crippen molar-refractivity contribution >= 4 is 48.6 Å². The van der Waals surface area contributed by atoms with E-state index >= 15 is 0 Å². The van der Waals surface area contributed by atoms with Crippen molar-refractivity contribution in [3.05, 3.63) is 259 Å². The Morgan fingerprint density at radius 3 is 1.46 bits per heavy atom. The van der Waals surface area contributed by atoms with Gasteiger partial charge in [-0.15, -0.1) is 11.3 Å². The van der Waals surface area contributed by atoms with Crippen molar-refractivity contribution in [2.75, 3.05) is 4.90 Å². The highest BCUT2D eigenvalue weighted by Crippen LogP contribution is 2.63. The van der Waals surface area contributed by atoms with Crippen LogP contribution in [0, 0.1) is 0 Å². The summed E-state index contributed by atoms with van der Waals surface area (Å²) in [5, 5.41) is 2.63. The Hall–Kier alpha value is -7.78. The van der Waals surface area contributed by atoms with E-state index in [2.05, 4.69) is 241 Å². The van der Waals surface area contributed by atoms with Gasteiger partial charge < -0.3 is 4.90 Å². The summed E-state index contributed by atoms with van der Waals surface area (Å²) >= 11 is 1.86. The normalized spacial score (nSPS) is 12.9. The lowest BCUT2D eigenvalue weighted by Crippen LogP contribution is -2.26. The van der Waals surface area contributed by atoms with Gasteiger partial charge in [-0.2, -0.15) is 0 Å². The molecule has 2 aliphatic rings. The van der Waals surface area contributed by atoms with Crippen LogP contribution in [0.5, 0.6) is 0 Å². The molecule has 1 aromatic heterocycles. The van der Waals surface area contributed by atoms with Gasteiger partial charge in [0.05, 0.1) is 11.1 Å². The summed E-state index contributed by atoms with van der Waals surface area (Å²) in [6.45, 7) is 0. The minimum absolute atomic E-state index is 0.443. The smallest absolute Gasteiger partial charge is 0.0726 e. The molecule has 2 heteroatoms. The minimum atomic E-state index is -0.443. The molecule has 0 atom stereocenters. The van der Waals surface area contributed by atoms with Crippen molar-refractivity contribution in [2.24, 2.45) is 0 Å². The number of benzene rings is 10.